The van der Waals surface area contributed by atoms with Crippen LogP contribution >= 0.6 is 0 Å². The average molecular weight is 324 g/mol. The number of hydrogen-bond acceptors (Lipinski definition) is 3. The maximum absolute atomic E-state index is 13.0. The molecule has 0 bridgehead atoms. The monoisotopic (exact) mass is 324 g/mol. The van der Waals surface area contributed by atoms with E-state index >= 15 is 0 Å². The Hall–Kier alpha value is -2.44. The van der Waals surface area contributed by atoms with Gasteiger partial charge in [0.25, 0.3) is 0 Å². The quantitative estimate of drug-likeness (QED) is 0.564. The fourth-order valence-corrected chi connectivity index (χ4v) is 1.94. The molecule has 0 aliphatic rings. The Bertz CT molecular complexity index is 549. The van der Waals surface area contributed by atoms with Crippen molar-refractivity contribution in [1.82, 2.24) is 10.6 Å². The number of carbonyl (C=O) groups is 3. The van der Waals surface area contributed by atoms with Gasteiger partial charge in [0.05, 0.1) is 13.0 Å². The number of aliphatic carboxylic acids is 1. The van der Waals surface area contributed by atoms with Gasteiger partial charge in [-0.3, -0.25) is 14.4 Å². The Morgan fingerprint density at radius 3 is 2.52 bits per heavy atom. The molecule has 0 heterocycles. The van der Waals surface area contributed by atoms with E-state index in [2.05, 4.69) is 10.6 Å². The summed E-state index contributed by atoms with van der Waals surface area (Å²) in [5, 5.41) is 13.6. The zero-order chi connectivity index (χ0) is 17.1. The highest BCUT2D eigenvalue weighted by atomic mass is 19.1. The second-order valence-corrected chi connectivity index (χ2v) is 5.14. The van der Waals surface area contributed by atoms with E-state index in [-0.39, 0.29) is 31.2 Å². The van der Waals surface area contributed by atoms with Crippen molar-refractivity contribution in [2.45, 2.75) is 32.1 Å². The molecule has 2 amide bonds. The zero-order valence-corrected chi connectivity index (χ0v) is 12.8. The second-order valence-electron chi connectivity index (χ2n) is 5.14. The normalized spacial score (nSPS) is 10.1. The standard InChI is InChI=1S/C16H21FN2O4/c17-13-6-4-5-12(9-13)10-14(20)19-11-15(21)18-8-3-1-2-7-16(22)23/h4-6,9H,1-3,7-8,10-11H2,(H,18,21)(H,19,20)(H,22,23). The molecule has 1 aromatic carbocycles. The van der Waals surface area contributed by atoms with Crippen LogP contribution in [0.15, 0.2) is 24.3 Å². The molecule has 0 radical (unpaired) electrons. The molecule has 0 spiro atoms. The van der Waals surface area contributed by atoms with Gasteiger partial charge in [0.15, 0.2) is 0 Å². The van der Waals surface area contributed by atoms with E-state index < -0.39 is 11.8 Å². The first-order chi connectivity index (χ1) is 11.0. The largest absolute Gasteiger partial charge is 0.481 e. The lowest BCUT2D eigenvalue weighted by Crippen LogP contribution is -2.37. The van der Waals surface area contributed by atoms with Crippen molar-refractivity contribution in [3.8, 4) is 0 Å². The Kier molecular flexibility index (Phi) is 8.34. The predicted octanol–water partition coefficient (Wildman–Crippen LogP) is 1.25. The molecule has 1 rings (SSSR count). The van der Waals surface area contributed by atoms with Crippen LogP contribution in [0.25, 0.3) is 0 Å². The SMILES string of the molecule is O=C(O)CCCCCNC(=O)CNC(=O)Cc1cccc(F)c1. The molecule has 0 saturated carbocycles. The summed E-state index contributed by atoms with van der Waals surface area (Å²) in [6.07, 6.45) is 2.13. The molecule has 7 heteroatoms. The fraction of sp³-hybridized carbons (Fsp3) is 0.438. The molecular formula is C16H21FN2O4. The number of hydrogen-bond donors (Lipinski definition) is 3. The summed E-state index contributed by atoms with van der Waals surface area (Å²) in [6, 6.07) is 5.73. The van der Waals surface area contributed by atoms with Crippen molar-refractivity contribution in [2.75, 3.05) is 13.1 Å². The van der Waals surface area contributed by atoms with E-state index in [1.54, 1.807) is 6.07 Å². The molecule has 0 aliphatic carbocycles. The Labute approximate surface area is 134 Å². The van der Waals surface area contributed by atoms with Gasteiger partial charge in [0.2, 0.25) is 11.8 Å². The minimum Gasteiger partial charge on any atom is -0.481 e. The number of unbranched alkanes of at least 4 members (excludes halogenated alkanes) is 2. The third kappa shape index (κ3) is 9.23. The van der Waals surface area contributed by atoms with Crippen LogP contribution in [-0.2, 0) is 20.8 Å². The topological polar surface area (TPSA) is 95.5 Å². The Balaban J connectivity index is 2.11. The number of carboxylic acid groups (broad SMARTS) is 1. The van der Waals surface area contributed by atoms with Crippen molar-refractivity contribution < 1.29 is 23.9 Å². The van der Waals surface area contributed by atoms with Gasteiger partial charge >= 0.3 is 5.97 Å². The summed E-state index contributed by atoms with van der Waals surface area (Å²) in [5.41, 5.74) is 0.543. The van der Waals surface area contributed by atoms with Crippen LogP contribution < -0.4 is 10.6 Å². The highest BCUT2D eigenvalue weighted by Crippen LogP contribution is 2.04. The van der Waals surface area contributed by atoms with Crippen LogP contribution in [0.3, 0.4) is 0 Å². The van der Waals surface area contributed by atoms with Gasteiger partial charge in [-0.2, -0.15) is 0 Å². The lowest BCUT2D eigenvalue weighted by molar-refractivity contribution is -0.137. The third-order valence-corrected chi connectivity index (χ3v) is 3.09. The number of nitrogens with one attached hydrogen (secondary N) is 2. The van der Waals surface area contributed by atoms with E-state index in [0.29, 0.717) is 24.9 Å². The van der Waals surface area contributed by atoms with Crippen molar-refractivity contribution in [3.63, 3.8) is 0 Å². The molecule has 0 fully saturated rings. The molecule has 3 N–H and O–H groups in total. The number of rotatable bonds is 10. The molecule has 126 valence electrons. The molecule has 0 aromatic heterocycles. The van der Waals surface area contributed by atoms with Crippen molar-refractivity contribution in [2.24, 2.45) is 0 Å². The number of halogens is 1. The van der Waals surface area contributed by atoms with Crippen LogP contribution in [0, 0.1) is 5.82 Å². The molecule has 0 atom stereocenters. The summed E-state index contributed by atoms with van der Waals surface area (Å²) in [7, 11) is 0. The number of benzene rings is 1. The lowest BCUT2D eigenvalue weighted by atomic mass is 10.1. The molecule has 0 saturated heterocycles. The number of carbonyl (C=O) groups excluding carboxylic acids is 2. The van der Waals surface area contributed by atoms with Gasteiger partial charge in [-0.15, -0.1) is 0 Å². The van der Waals surface area contributed by atoms with Gasteiger partial charge < -0.3 is 15.7 Å². The minimum atomic E-state index is -0.824. The third-order valence-electron chi connectivity index (χ3n) is 3.09. The van der Waals surface area contributed by atoms with E-state index in [4.69, 9.17) is 5.11 Å². The Morgan fingerprint density at radius 1 is 1.04 bits per heavy atom. The number of carboxylic acids is 1. The maximum atomic E-state index is 13.0. The smallest absolute Gasteiger partial charge is 0.303 e. The summed E-state index contributed by atoms with van der Waals surface area (Å²) in [5.74, 6) is -1.89. The van der Waals surface area contributed by atoms with Gasteiger partial charge in [0.1, 0.15) is 5.82 Å². The summed E-state index contributed by atoms with van der Waals surface area (Å²) >= 11 is 0. The molecule has 0 aliphatic heterocycles. The first-order valence-electron chi connectivity index (χ1n) is 7.47. The van der Waals surface area contributed by atoms with Crippen LogP contribution in [0.5, 0.6) is 0 Å². The predicted molar refractivity (Wildman–Crippen MR) is 82.2 cm³/mol. The fourth-order valence-electron chi connectivity index (χ4n) is 1.94. The van der Waals surface area contributed by atoms with Crippen molar-refractivity contribution in [3.05, 3.63) is 35.6 Å². The van der Waals surface area contributed by atoms with Gasteiger partial charge in [0, 0.05) is 13.0 Å². The summed E-state index contributed by atoms with van der Waals surface area (Å²) in [6.45, 7) is 0.307. The minimum absolute atomic E-state index is 0.0141. The van der Waals surface area contributed by atoms with Crippen LogP contribution in [0.2, 0.25) is 0 Å². The van der Waals surface area contributed by atoms with Gasteiger partial charge in [-0.1, -0.05) is 18.6 Å². The van der Waals surface area contributed by atoms with E-state index in [1.807, 2.05) is 0 Å². The zero-order valence-electron chi connectivity index (χ0n) is 12.8. The van der Waals surface area contributed by atoms with E-state index in [0.717, 1.165) is 6.42 Å². The first kappa shape index (κ1) is 18.6. The second kappa shape index (κ2) is 10.3. The summed E-state index contributed by atoms with van der Waals surface area (Å²) < 4.78 is 13.0. The highest BCUT2D eigenvalue weighted by Gasteiger charge is 2.07. The first-order valence-corrected chi connectivity index (χ1v) is 7.47. The van der Waals surface area contributed by atoms with Crippen LogP contribution in [0.1, 0.15) is 31.2 Å². The number of amides is 2. The molecule has 23 heavy (non-hydrogen) atoms. The molecule has 0 unspecified atom stereocenters. The average Bonchev–Trinajstić information content (AvgIpc) is 2.48. The Morgan fingerprint density at radius 2 is 1.83 bits per heavy atom. The molecular weight excluding hydrogens is 303 g/mol. The van der Waals surface area contributed by atoms with Gasteiger partial charge in [-0.25, -0.2) is 4.39 Å². The van der Waals surface area contributed by atoms with Crippen LogP contribution in [0.4, 0.5) is 4.39 Å². The van der Waals surface area contributed by atoms with Crippen molar-refractivity contribution in [1.29, 1.82) is 0 Å². The molecule has 6 nitrogen and oxygen atoms in total. The maximum Gasteiger partial charge on any atom is 0.303 e. The summed E-state index contributed by atoms with van der Waals surface area (Å²) in [4.78, 5) is 33.5. The molecule has 1 aromatic rings. The van der Waals surface area contributed by atoms with E-state index in [9.17, 15) is 18.8 Å². The van der Waals surface area contributed by atoms with Gasteiger partial charge in [-0.05, 0) is 30.5 Å². The lowest BCUT2D eigenvalue weighted by Gasteiger charge is -2.07. The van der Waals surface area contributed by atoms with Crippen molar-refractivity contribution >= 4 is 17.8 Å². The highest BCUT2D eigenvalue weighted by molar-refractivity contribution is 5.85. The van der Waals surface area contributed by atoms with Crippen LogP contribution in [-0.4, -0.2) is 36.0 Å². The van der Waals surface area contributed by atoms with E-state index in [1.165, 1.54) is 18.2 Å².